The summed E-state index contributed by atoms with van der Waals surface area (Å²) in [4.78, 5) is 23.3. The Balaban J connectivity index is 1.31. The quantitative estimate of drug-likeness (QED) is 0.845. The van der Waals surface area contributed by atoms with Crippen LogP contribution in [0.5, 0.6) is 0 Å². The van der Waals surface area contributed by atoms with Gasteiger partial charge in [0.05, 0.1) is 17.7 Å². The maximum Gasteiger partial charge on any atom is 0.253 e. The molecule has 0 amide bonds. The van der Waals surface area contributed by atoms with Crippen molar-refractivity contribution in [1.82, 2.24) is 19.4 Å². The minimum Gasteiger partial charge on any atom is -0.451 e. The van der Waals surface area contributed by atoms with E-state index in [0.29, 0.717) is 11.8 Å². The minimum absolute atomic E-state index is 0.104. The zero-order valence-electron chi connectivity index (χ0n) is 13.2. The average Bonchev–Trinajstić information content (AvgIpc) is 3.29. The minimum atomic E-state index is 0.104. The third kappa shape index (κ3) is 3.52. The van der Waals surface area contributed by atoms with Crippen molar-refractivity contribution in [3.63, 3.8) is 0 Å². The van der Waals surface area contributed by atoms with Gasteiger partial charge in [-0.1, -0.05) is 0 Å². The highest BCUT2D eigenvalue weighted by Crippen LogP contribution is 2.38. The molecule has 0 radical (unpaired) electrons. The Morgan fingerprint density at radius 3 is 2.65 bits per heavy atom. The molecule has 122 valence electrons. The molecular weight excluding hydrogens is 292 g/mol. The molecule has 1 aliphatic heterocycles. The molecule has 6 heteroatoms. The second-order valence-electron chi connectivity index (χ2n) is 6.78. The number of hydrogen-bond donors (Lipinski definition) is 0. The van der Waals surface area contributed by atoms with Crippen LogP contribution in [-0.4, -0.2) is 32.5 Å². The highest BCUT2D eigenvalue weighted by molar-refractivity contribution is 5.12. The van der Waals surface area contributed by atoms with Crippen molar-refractivity contribution < 1.29 is 4.42 Å². The fourth-order valence-electron chi connectivity index (χ4n) is 3.33. The molecule has 2 fully saturated rings. The lowest BCUT2D eigenvalue weighted by atomic mass is 9.96. The van der Waals surface area contributed by atoms with Gasteiger partial charge in [0.15, 0.2) is 6.39 Å². The van der Waals surface area contributed by atoms with E-state index in [9.17, 15) is 4.79 Å². The van der Waals surface area contributed by atoms with Crippen molar-refractivity contribution in [2.45, 2.75) is 44.7 Å². The Hall–Kier alpha value is -1.95. The van der Waals surface area contributed by atoms with Gasteiger partial charge < -0.3 is 4.42 Å². The van der Waals surface area contributed by atoms with E-state index in [2.05, 4.69) is 14.9 Å². The summed E-state index contributed by atoms with van der Waals surface area (Å²) in [5.74, 6) is 1.09. The van der Waals surface area contributed by atoms with Gasteiger partial charge in [-0.15, -0.1) is 0 Å². The van der Waals surface area contributed by atoms with Crippen molar-refractivity contribution in [1.29, 1.82) is 0 Å². The van der Waals surface area contributed by atoms with E-state index in [1.54, 1.807) is 23.2 Å². The maximum atomic E-state index is 12.2. The van der Waals surface area contributed by atoms with Crippen LogP contribution in [0.25, 0.3) is 0 Å². The van der Waals surface area contributed by atoms with Gasteiger partial charge in [0.25, 0.3) is 5.56 Å². The molecule has 23 heavy (non-hydrogen) atoms. The molecule has 0 unspecified atom stereocenters. The van der Waals surface area contributed by atoms with E-state index < -0.39 is 0 Å². The molecule has 0 bridgehead atoms. The van der Waals surface area contributed by atoms with Crippen LogP contribution in [0.2, 0.25) is 0 Å². The predicted molar refractivity (Wildman–Crippen MR) is 85.0 cm³/mol. The highest BCUT2D eigenvalue weighted by Gasteiger charge is 2.26. The summed E-state index contributed by atoms with van der Waals surface area (Å²) in [6.07, 6.45) is 9.51. The van der Waals surface area contributed by atoms with Gasteiger partial charge in [0, 0.05) is 25.1 Å². The first-order chi connectivity index (χ1) is 11.3. The van der Waals surface area contributed by atoms with Crippen LogP contribution >= 0.6 is 0 Å². The summed E-state index contributed by atoms with van der Waals surface area (Å²) in [5.41, 5.74) is 2.07. The molecular formula is C17H22N4O2. The van der Waals surface area contributed by atoms with E-state index in [-0.39, 0.29) is 5.56 Å². The Morgan fingerprint density at radius 2 is 2.00 bits per heavy atom. The lowest BCUT2D eigenvalue weighted by Gasteiger charge is -2.31. The van der Waals surface area contributed by atoms with Gasteiger partial charge in [0.1, 0.15) is 6.26 Å². The molecule has 0 aromatic carbocycles. The third-order valence-corrected chi connectivity index (χ3v) is 4.93. The van der Waals surface area contributed by atoms with Gasteiger partial charge in [-0.2, -0.15) is 0 Å². The first-order valence-electron chi connectivity index (χ1n) is 8.44. The summed E-state index contributed by atoms with van der Waals surface area (Å²) >= 11 is 0. The first kappa shape index (κ1) is 14.6. The lowest BCUT2D eigenvalue weighted by molar-refractivity contribution is 0.164. The van der Waals surface area contributed by atoms with E-state index in [1.807, 2.05) is 0 Å². The van der Waals surface area contributed by atoms with E-state index in [0.717, 1.165) is 50.4 Å². The number of likely N-dealkylation sites (tertiary alicyclic amines) is 1. The molecule has 4 rings (SSSR count). The molecule has 6 nitrogen and oxygen atoms in total. The van der Waals surface area contributed by atoms with Crippen molar-refractivity contribution in [3.05, 3.63) is 46.8 Å². The summed E-state index contributed by atoms with van der Waals surface area (Å²) in [5, 5.41) is 0. The fraction of sp³-hybridized carbons (Fsp3) is 0.588. The number of aromatic nitrogens is 3. The largest absolute Gasteiger partial charge is 0.451 e. The SMILES string of the molecule is O=c1cc(C2CC2)ncn1CC1CCN(Cc2cocn2)CC1. The Bertz CT molecular complexity index is 698. The molecule has 2 aromatic rings. The van der Waals surface area contributed by atoms with E-state index in [4.69, 9.17) is 4.42 Å². The topological polar surface area (TPSA) is 64.2 Å². The third-order valence-electron chi connectivity index (χ3n) is 4.93. The summed E-state index contributed by atoms with van der Waals surface area (Å²) in [7, 11) is 0. The number of piperidine rings is 1. The fourth-order valence-corrected chi connectivity index (χ4v) is 3.33. The van der Waals surface area contributed by atoms with Gasteiger partial charge in [-0.3, -0.25) is 14.3 Å². The monoisotopic (exact) mass is 314 g/mol. The molecule has 1 saturated carbocycles. The zero-order valence-corrected chi connectivity index (χ0v) is 13.2. The van der Waals surface area contributed by atoms with Crippen LogP contribution in [0, 0.1) is 5.92 Å². The number of rotatable bonds is 5. The molecule has 2 aromatic heterocycles. The Kier molecular flexibility index (Phi) is 3.99. The summed E-state index contributed by atoms with van der Waals surface area (Å²) in [6.45, 7) is 3.72. The summed E-state index contributed by atoms with van der Waals surface area (Å²) in [6, 6.07) is 1.73. The van der Waals surface area contributed by atoms with Gasteiger partial charge in [-0.25, -0.2) is 9.97 Å². The van der Waals surface area contributed by atoms with Gasteiger partial charge in [-0.05, 0) is 44.7 Å². The molecule has 2 aliphatic rings. The van der Waals surface area contributed by atoms with Crippen molar-refractivity contribution in [2.24, 2.45) is 5.92 Å². The normalized spacial score (nSPS) is 20.0. The highest BCUT2D eigenvalue weighted by atomic mass is 16.3. The number of hydrogen-bond acceptors (Lipinski definition) is 5. The second kappa shape index (κ2) is 6.28. The predicted octanol–water partition coefficient (Wildman–Crippen LogP) is 2.02. The molecule has 1 aliphatic carbocycles. The molecule has 1 saturated heterocycles. The molecule has 0 spiro atoms. The number of oxazole rings is 1. The standard InChI is InChI=1S/C17H22N4O2/c22-17-7-16(14-1-2-14)18-11-21(17)8-13-3-5-20(6-4-13)9-15-10-23-12-19-15/h7,10-14H,1-6,8-9H2. The van der Waals surface area contributed by atoms with E-state index in [1.165, 1.54) is 19.2 Å². The molecule has 0 N–H and O–H groups in total. The van der Waals surface area contributed by atoms with Crippen molar-refractivity contribution >= 4 is 0 Å². The summed E-state index contributed by atoms with van der Waals surface area (Å²) < 4.78 is 6.80. The van der Waals surface area contributed by atoms with Crippen molar-refractivity contribution in [2.75, 3.05) is 13.1 Å². The van der Waals surface area contributed by atoms with Gasteiger partial charge in [0.2, 0.25) is 0 Å². The van der Waals surface area contributed by atoms with Crippen LogP contribution in [0.1, 0.15) is 43.0 Å². The average molecular weight is 314 g/mol. The second-order valence-corrected chi connectivity index (χ2v) is 6.78. The van der Waals surface area contributed by atoms with Crippen LogP contribution in [0.4, 0.5) is 0 Å². The molecule has 3 heterocycles. The zero-order chi connectivity index (χ0) is 15.6. The van der Waals surface area contributed by atoms with Crippen LogP contribution in [-0.2, 0) is 13.1 Å². The van der Waals surface area contributed by atoms with Crippen LogP contribution in [0.3, 0.4) is 0 Å². The van der Waals surface area contributed by atoms with Crippen molar-refractivity contribution in [3.8, 4) is 0 Å². The van der Waals surface area contributed by atoms with Gasteiger partial charge >= 0.3 is 0 Å². The molecule has 0 atom stereocenters. The lowest BCUT2D eigenvalue weighted by Crippen LogP contribution is -2.36. The van der Waals surface area contributed by atoms with Crippen LogP contribution in [0.15, 0.2) is 34.3 Å². The first-order valence-corrected chi connectivity index (χ1v) is 8.44. The maximum absolute atomic E-state index is 12.2. The Labute approximate surface area is 135 Å². The Morgan fingerprint density at radius 1 is 1.17 bits per heavy atom. The van der Waals surface area contributed by atoms with E-state index >= 15 is 0 Å². The number of nitrogens with zero attached hydrogens (tertiary/aromatic N) is 4. The smallest absolute Gasteiger partial charge is 0.253 e. The van der Waals surface area contributed by atoms with Crippen LogP contribution < -0.4 is 5.56 Å².